The second-order valence-electron chi connectivity index (χ2n) is 11.6. The molecule has 0 amide bonds. The van der Waals surface area contributed by atoms with Crippen molar-refractivity contribution in [2.24, 2.45) is 0 Å². The van der Waals surface area contributed by atoms with E-state index in [1.54, 1.807) is 0 Å². The van der Waals surface area contributed by atoms with Gasteiger partial charge in [-0.1, -0.05) is 151 Å². The first-order valence-corrected chi connectivity index (χ1v) is 15.4. The molecule has 0 unspecified atom stereocenters. The fourth-order valence-electron chi connectivity index (χ4n) is 8.14. The maximum atomic E-state index is 2.39. The van der Waals surface area contributed by atoms with E-state index in [0.29, 0.717) is 0 Å². The Labute approximate surface area is 249 Å². The zero-order valence-corrected chi connectivity index (χ0v) is 23.6. The van der Waals surface area contributed by atoms with Gasteiger partial charge in [-0.25, -0.2) is 0 Å². The summed E-state index contributed by atoms with van der Waals surface area (Å²) in [6, 6.07) is 54.5. The van der Waals surface area contributed by atoms with E-state index in [1.165, 1.54) is 87.3 Å². The van der Waals surface area contributed by atoms with Crippen LogP contribution in [0.2, 0.25) is 0 Å². The van der Waals surface area contributed by atoms with Crippen molar-refractivity contribution in [3.05, 3.63) is 168 Å². The van der Waals surface area contributed by atoms with Gasteiger partial charge in [-0.2, -0.15) is 0 Å². The van der Waals surface area contributed by atoms with Gasteiger partial charge in [0.25, 0.3) is 0 Å². The third-order valence-electron chi connectivity index (χ3n) is 9.70. The Kier molecular flexibility index (Phi) is 4.41. The van der Waals surface area contributed by atoms with Crippen molar-refractivity contribution >= 4 is 22.5 Å². The van der Waals surface area contributed by atoms with Crippen LogP contribution in [0, 0.1) is 0 Å². The normalized spacial score (nSPS) is 14.3. The highest BCUT2D eigenvalue weighted by molar-refractivity contribution is 8.00. The standard InChI is InChI=1S/C41H24S/c1-5-18-33-26(12-1)27-13-2-6-19-34(27)41(33)35-20-7-3-15-32(35)39-30(17-10-21-36(39)41)31-24-23-25-11-9-16-29-28-14-4-8-22-37(28)42-40(31)38(25)29/h1-24H. The van der Waals surface area contributed by atoms with Crippen molar-refractivity contribution in [3.63, 3.8) is 0 Å². The third-order valence-corrected chi connectivity index (χ3v) is 10.9. The van der Waals surface area contributed by atoms with Crippen LogP contribution in [0.25, 0.3) is 55.3 Å². The molecule has 0 bridgehead atoms. The van der Waals surface area contributed by atoms with Gasteiger partial charge >= 0.3 is 0 Å². The fourth-order valence-corrected chi connectivity index (χ4v) is 9.42. The molecule has 3 aliphatic rings. The smallest absolute Gasteiger partial charge is 0.0725 e. The molecule has 0 atom stereocenters. The van der Waals surface area contributed by atoms with Gasteiger partial charge in [0.15, 0.2) is 0 Å². The number of fused-ring (bicyclic) bond motifs is 12. The highest BCUT2D eigenvalue weighted by Gasteiger charge is 2.52. The molecule has 0 saturated heterocycles. The lowest BCUT2D eigenvalue weighted by Crippen LogP contribution is -2.25. The van der Waals surface area contributed by atoms with Crippen LogP contribution in [0.1, 0.15) is 22.3 Å². The fraction of sp³-hybridized carbons (Fsp3) is 0.0244. The van der Waals surface area contributed by atoms with Crippen LogP contribution in [0.15, 0.2) is 155 Å². The minimum Gasteiger partial charge on any atom is -0.0881 e. The third kappa shape index (κ3) is 2.66. The van der Waals surface area contributed by atoms with Crippen LogP contribution in [0.4, 0.5) is 0 Å². The summed E-state index contributed by atoms with van der Waals surface area (Å²) in [5.41, 5.74) is 15.9. The summed E-state index contributed by atoms with van der Waals surface area (Å²) in [6.07, 6.45) is 0. The maximum Gasteiger partial charge on any atom is 0.0725 e. The van der Waals surface area contributed by atoms with Gasteiger partial charge in [-0.3, -0.25) is 0 Å². The molecule has 10 rings (SSSR count). The second kappa shape index (κ2) is 8.12. The number of hydrogen-bond donors (Lipinski definition) is 0. The largest absolute Gasteiger partial charge is 0.0881 e. The molecule has 7 aromatic carbocycles. The van der Waals surface area contributed by atoms with E-state index in [0.717, 1.165) is 0 Å². The topological polar surface area (TPSA) is 0 Å². The number of benzene rings is 7. The highest BCUT2D eigenvalue weighted by Crippen LogP contribution is 2.64. The van der Waals surface area contributed by atoms with Crippen molar-refractivity contribution in [2.45, 2.75) is 15.2 Å². The van der Waals surface area contributed by atoms with Crippen LogP contribution in [0.3, 0.4) is 0 Å². The quantitative estimate of drug-likeness (QED) is 0.197. The van der Waals surface area contributed by atoms with Gasteiger partial charge < -0.3 is 0 Å². The molecular weight excluding hydrogens is 525 g/mol. The molecule has 0 nitrogen and oxygen atoms in total. The van der Waals surface area contributed by atoms with Gasteiger partial charge in [-0.15, -0.1) is 0 Å². The van der Waals surface area contributed by atoms with Crippen LogP contribution in [-0.4, -0.2) is 0 Å². The molecular formula is C41H24S. The average Bonchev–Trinajstić information content (AvgIpc) is 3.53. The molecule has 1 heteroatoms. The molecule has 1 heterocycles. The zero-order valence-electron chi connectivity index (χ0n) is 22.8. The van der Waals surface area contributed by atoms with Gasteiger partial charge in [0.05, 0.1) is 5.41 Å². The molecule has 7 aromatic rings. The van der Waals surface area contributed by atoms with E-state index >= 15 is 0 Å². The molecule has 2 aliphatic carbocycles. The minimum atomic E-state index is -0.325. The molecule has 0 radical (unpaired) electrons. The zero-order chi connectivity index (χ0) is 27.4. The maximum absolute atomic E-state index is 2.39. The number of rotatable bonds is 1. The SMILES string of the molecule is c1ccc2c(c1)Sc1c(-c3cccc4c3-c3ccccc3C43c4ccccc4-c4ccccc43)ccc3cccc-2c13. The Bertz CT molecular complexity index is 2240. The van der Waals surface area contributed by atoms with Gasteiger partial charge in [0.2, 0.25) is 0 Å². The van der Waals surface area contributed by atoms with E-state index in [1.807, 2.05) is 11.8 Å². The second-order valence-corrected chi connectivity index (χ2v) is 12.6. The first-order valence-electron chi connectivity index (χ1n) is 14.6. The van der Waals surface area contributed by atoms with E-state index in [4.69, 9.17) is 0 Å². The van der Waals surface area contributed by atoms with Crippen molar-refractivity contribution in [3.8, 4) is 44.5 Å². The van der Waals surface area contributed by atoms with Crippen molar-refractivity contribution in [2.75, 3.05) is 0 Å². The summed E-state index contributed by atoms with van der Waals surface area (Å²) in [6.45, 7) is 0. The molecule has 1 aliphatic heterocycles. The molecule has 194 valence electrons. The average molecular weight is 549 g/mol. The summed E-state index contributed by atoms with van der Waals surface area (Å²) in [5.74, 6) is 0. The van der Waals surface area contributed by atoms with E-state index < -0.39 is 0 Å². The Morgan fingerprint density at radius 2 is 0.905 bits per heavy atom. The summed E-state index contributed by atoms with van der Waals surface area (Å²) < 4.78 is 0. The Morgan fingerprint density at radius 1 is 0.357 bits per heavy atom. The molecule has 42 heavy (non-hydrogen) atoms. The molecule has 1 spiro atoms. The summed E-state index contributed by atoms with van der Waals surface area (Å²) in [7, 11) is 0. The summed E-state index contributed by atoms with van der Waals surface area (Å²) >= 11 is 1.92. The van der Waals surface area contributed by atoms with Gasteiger partial charge in [0, 0.05) is 15.2 Å². The molecule has 0 N–H and O–H groups in total. The lowest BCUT2D eigenvalue weighted by Gasteiger charge is -2.30. The van der Waals surface area contributed by atoms with E-state index in [9.17, 15) is 0 Å². The van der Waals surface area contributed by atoms with E-state index in [-0.39, 0.29) is 5.41 Å². The highest BCUT2D eigenvalue weighted by atomic mass is 32.2. The number of hydrogen-bond acceptors (Lipinski definition) is 1. The summed E-state index contributed by atoms with van der Waals surface area (Å²) in [5, 5.41) is 2.67. The first-order chi connectivity index (χ1) is 20.9. The van der Waals surface area contributed by atoms with Gasteiger partial charge in [0.1, 0.15) is 0 Å². The van der Waals surface area contributed by atoms with Crippen molar-refractivity contribution in [1.82, 2.24) is 0 Å². The van der Waals surface area contributed by atoms with Crippen LogP contribution in [-0.2, 0) is 5.41 Å². The van der Waals surface area contributed by atoms with Crippen molar-refractivity contribution < 1.29 is 0 Å². The summed E-state index contributed by atoms with van der Waals surface area (Å²) in [4.78, 5) is 2.69. The van der Waals surface area contributed by atoms with Crippen molar-refractivity contribution in [1.29, 1.82) is 0 Å². The van der Waals surface area contributed by atoms with Crippen LogP contribution >= 0.6 is 11.8 Å². The Hall–Kier alpha value is -4.85. The predicted molar refractivity (Wildman–Crippen MR) is 175 cm³/mol. The molecule has 0 fully saturated rings. The predicted octanol–water partition coefficient (Wildman–Crippen LogP) is 11.0. The lowest BCUT2D eigenvalue weighted by molar-refractivity contribution is 0.794. The monoisotopic (exact) mass is 548 g/mol. The van der Waals surface area contributed by atoms with Crippen LogP contribution < -0.4 is 0 Å². The Balaban J connectivity index is 1.33. The Morgan fingerprint density at radius 3 is 1.67 bits per heavy atom. The van der Waals surface area contributed by atoms with E-state index in [2.05, 4.69) is 146 Å². The minimum absolute atomic E-state index is 0.325. The molecule has 0 aromatic heterocycles. The van der Waals surface area contributed by atoms with Crippen LogP contribution in [0.5, 0.6) is 0 Å². The van der Waals surface area contributed by atoms with Gasteiger partial charge in [-0.05, 0) is 78.2 Å². The lowest BCUT2D eigenvalue weighted by atomic mass is 9.70. The first kappa shape index (κ1) is 22.8. The molecule has 0 saturated carbocycles.